The summed E-state index contributed by atoms with van der Waals surface area (Å²) < 4.78 is 0. The van der Waals surface area contributed by atoms with E-state index in [1.54, 1.807) is 17.7 Å². The molecule has 5 nitrogen and oxygen atoms in total. The Kier molecular flexibility index (Phi) is 3.86. The highest BCUT2D eigenvalue weighted by atomic mass is 32.1. The Morgan fingerprint density at radius 3 is 3.00 bits per heavy atom. The Morgan fingerprint density at radius 1 is 1.43 bits per heavy atom. The topological polar surface area (TPSA) is 52.5 Å². The molecule has 114 valence electrons. The summed E-state index contributed by atoms with van der Waals surface area (Å²) in [6.07, 6.45) is 3.46. The zero-order valence-corrected chi connectivity index (χ0v) is 13.7. The molecule has 0 aliphatic carbocycles. The van der Waals surface area contributed by atoms with Gasteiger partial charge in [-0.15, -0.1) is 11.3 Å². The molecule has 0 aromatic carbocycles. The fraction of sp³-hybridized carbons (Fsp3) is 0.600. The Bertz CT molecular complexity index is 642. The van der Waals surface area contributed by atoms with E-state index < -0.39 is 5.60 Å². The van der Waals surface area contributed by atoms with E-state index in [4.69, 9.17) is 0 Å². The number of hydrogen-bond acceptors (Lipinski definition) is 6. The van der Waals surface area contributed by atoms with Gasteiger partial charge in [0.05, 0.1) is 11.0 Å². The molecule has 2 aromatic rings. The lowest BCUT2D eigenvalue weighted by atomic mass is 9.92. The van der Waals surface area contributed by atoms with E-state index in [1.165, 1.54) is 4.88 Å². The SMILES string of the molecule is Cc1cc2c(N3CCCC(O)(CN(C)C)C3)ncnc2s1. The first-order valence-corrected chi connectivity index (χ1v) is 8.12. The first kappa shape index (κ1) is 14.7. The van der Waals surface area contributed by atoms with Crippen LogP contribution in [0.15, 0.2) is 12.4 Å². The van der Waals surface area contributed by atoms with Crippen LogP contribution in [0.4, 0.5) is 5.82 Å². The molecule has 21 heavy (non-hydrogen) atoms. The maximum atomic E-state index is 10.8. The highest BCUT2D eigenvalue weighted by Crippen LogP contribution is 2.33. The molecule has 6 heteroatoms. The predicted molar refractivity (Wildman–Crippen MR) is 87.1 cm³/mol. The molecule has 0 radical (unpaired) electrons. The molecule has 0 amide bonds. The van der Waals surface area contributed by atoms with Crippen molar-refractivity contribution in [1.82, 2.24) is 14.9 Å². The minimum Gasteiger partial charge on any atom is -0.387 e. The van der Waals surface area contributed by atoms with Crippen molar-refractivity contribution in [2.45, 2.75) is 25.4 Å². The first-order valence-electron chi connectivity index (χ1n) is 7.30. The third-order valence-corrected chi connectivity index (χ3v) is 4.86. The normalized spacial score (nSPS) is 23.2. The van der Waals surface area contributed by atoms with Gasteiger partial charge in [0, 0.05) is 24.5 Å². The van der Waals surface area contributed by atoms with Gasteiger partial charge in [-0.1, -0.05) is 0 Å². The van der Waals surface area contributed by atoms with Gasteiger partial charge >= 0.3 is 0 Å². The molecule has 3 rings (SSSR count). The van der Waals surface area contributed by atoms with Crippen LogP contribution in [0.2, 0.25) is 0 Å². The van der Waals surface area contributed by atoms with Crippen LogP contribution in [0.5, 0.6) is 0 Å². The molecule has 0 spiro atoms. The summed E-state index contributed by atoms with van der Waals surface area (Å²) in [5.41, 5.74) is -0.663. The molecule has 3 heterocycles. The van der Waals surface area contributed by atoms with Gasteiger partial charge in [0.2, 0.25) is 0 Å². The van der Waals surface area contributed by atoms with Crippen molar-refractivity contribution in [3.8, 4) is 0 Å². The number of thiophene rings is 1. The minimum absolute atomic E-state index is 0.631. The molecule has 1 aliphatic rings. The lowest BCUT2D eigenvalue weighted by Crippen LogP contribution is -2.53. The van der Waals surface area contributed by atoms with Gasteiger partial charge in [-0.25, -0.2) is 9.97 Å². The summed E-state index contributed by atoms with van der Waals surface area (Å²) in [5, 5.41) is 11.9. The van der Waals surface area contributed by atoms with E-state index in [-0.39, 0.29) is 0 Å². The average Bonchev–Trinajstić information content (AvgIpc) is 2.77. The summed E-state index contributed by atoms with van der Waals surface area (Å²) in [6, 6.07) is 2.15. The number of β-amino-alcohol motifs (C(OH)–C–C–N with tert-alkyl or cyclic N) is 1. The second-order valence-electron chi connectivity index (χ2n) is 6.26. The van der Waals surface area contributed by atoms with Crippen LogP contribution in [0, 0.1) is 6.92 Å². The minimum atomic E-state index is -0.663. The van der Waals surface area contributed by atoms with E-state index in [0.29, 0.717) is 13.1 Å². The Hall–Kier alpha value is -1.24. The molecule has 0 bridgehead atoms. The number of hydrogen-bond donors (Lipinski definition) is 1. The van der Waals surface area contributed by atoms with Crippen LogP contribution in [-0.2, 0) is 0 Å². The number of piperidine rings is 1. The van der Waals surface area contributed by atoms with Gasteiger partial charge in [0.1, 0.15) is 17.0 Å². The molecule has 1 unspecified atom stereocenters. The van der Waals surface area contributed by atoms with E-state index in [1.807, 2.05) is 19.0 Å². The number of aryl methyl sites for hydroxylation is 1. The number of nitrogens with zero attached hydrogens (tertiary/aromatic N) is 4. The molecule has 1 aliphatic heterocycles. The van der Waals surface area contributed by atoms with E-state index >= 15 is 0 Å². The van der Waals surface area contributed by atoms with Crippen molar-refractivity contribution in [3.05, 3.63) is 17.3 Å². The van der Waals surface area contributed by atoms with E-state index in [9.17, 15) is 5.11 Å². The van der Waals surface area contributed by atoms with Gasteiger partial charge < -0.3 is 14.9 Å². The van der Waals surface area contributed by atoms with Gasteiger partial charge in [-0.3, -0.25) is 0 Å². The summed E-state index contributed by atoms with van der Waals surface area (Å²) in [5.74, 6) is 0.959. The number of anilines is 1. The molecule has 0 saturated carbocycles. The third kappa shape index (κ3) is 3.02. The zero-order chi connectivity index (χ0) is 15.0. The van der Waals surface area contributed by atoms with Crippen molar-refractivity contribution >= 4 is 27.4 Å². The van der Waals surface area contributed by atoms with Crippen molar-refractivity contribution in [1.29, 1.82) is 0 Å². The molecule has 2 aromatic heterocycles. The Balaban J connectivity index is 1.91. The Morgan fingerprint density at radius 2 is 2.24 bits per heavy atom. The molecular formula is C15H22N4OS. The van der Waals surface area contributed by atoms with Crippen molar-refractivity contribution in [2.75, 3.05) is 38.6 Å². The number of likely N-dealkylation sites (N-methyl/N-ethyl adjacent to an activating group) is 1. The van der Waals surface area contributed by atoms with E-state index in [2.05, 4.69) is 27.9 Å². The second kappa shape index (κ2) is 5.51. The number of rotatable bonds is 3. The lowest BCUT2D eigenvalue weighted by molar-refractivity contribution is 0.00359. The standard InChI is InChI=1S/C15H22N4OS/c1-11-7-12-13(16-10-17-14(12)21-11)19-6-4-5-15(20,9-19)8-18(2)3/h7,10,20H,4-6,8-9H2,1-3H3. The predicted octanol–water partition coefficient (Wildman–Crippen LogP) is 1.89. The molecular weight excluding hydrogens is 284 g/mol. The van der Waals surface area contributed by atoms with Crippen LogP contribution in [-0.4, -0.2) is 59.3 Å². The smallest absolute Gasteiger partial charge is 0.140 e. The fourth-order valence-electron chi connectivity index (χ4n) is 3.23. The van der Waals surface area contributed by atoms with Crippen LogP contribution in [0.3, 0.4) is 0 Å². The largest absolute Gasteiger partial charge is 0.387 e. The van der Waals surface area contributed by atoms with E-state index in [0.717, 1.165) is 35.4 Å². The van der Waals surface area contributed by atoms with Crippen LogP contribution in [0.25, 0.3) is 10.2 Å². The van der Waals surface area contributed by atoms with Crippen molar-refractivity contribution < 1.29 is 5.11 Å². The fourth-order valence-corrected chi connectivity index (χ4v) is 4.07. The van der Waals surface area contributed by atoms with Gasteiger partial charge in [-0.05, 0) is 39.9 Å². The summed E-state index contributed by atoms with van der Waals surface area (Å²) in [4.78, 5) is 15.4. The van der Waals surface area contributed by atoms with Gasteiger partial charge in [-0.2, -0.15) is 0 Å². The second-order valence-corrected chi connectivity index (χ2v) is 7.50. The summed E-state index contributed by atoms with van der Waals surface area (Å²) in [7, 11) is 4.00. The quantitative estimate of drug-likeness (QED) is 0.938. The molecule has 1 saturated heterocycles. The lowest BCUT2D eigenvalue weighted by Gasteiger charge is -2.41. The monoisotopic (exact) mass is 306 g/mol. The number of fused-ring (bicyclic) bond motifs is 1. The number of aliphatic hydroxyl groups is 1. The van der Waals surface area contributed by atoms with Crippen LogP contribution in [0.1, 0.15) is 17.7 Å². The Labute approximate surface area is 129 Å². The number of aromatic nitrogens is 2. The average molecular weight is 306 g/mol. The van der Waals surface area contributed by atoms with Crippen molar-refractivity contribution in [2.24, 2.45) is 0 Å². The maximum absolute atomic E-state index is 10.8. The molecule has 1 atom stereocenters. The van der Waals surface area contributed by atoms with Crippen LogP contribution < -0.4 is 4.90 Å². The summed E-state index contributed by atoms with van der Waals surface area (Å²) in [6.45, 7) is 4.35. The first-order chi connectivity index (χ1) is 9.97. The highest BCUT2D eigenvalue weighted by molar-refractivity contribution is 7.18. The molecule has 1 fully saturated rings. The highest BCUT2D eigenvalue weighted by Gasteiger charge is 2.34. The third-order valence-electron chi connectivity index (χ3n) is 3.90. The zero-order valence-electron chi connectivity index (χ0n) is 12.8. The summed E-state index contributed by atoms with van der Waals surface area (Å²) >= 11 is 1.69. The van der Waals surface area contributed by atoms with Gasteiger partial charge in [0.15, 0.2) is 0 Å². The van der Waals surface area contributed by atoms with Gasteiger partial charge in [0.25, 0.3) is 0 Å². The van der Waals surface area contributed by atoms with Crippen LogP contribution >= 0.6 is 11.3 Å². The molecule has 1 N–H and O–H groups in total. The van der Waals surface area contributed by atoms with Crippen molar-refractivity contribution in [3.63, 3.8) is 0 Å². The maximum Gasteiger partial charge on any atom is 0.140 e.